The van der Waals surface area contributed by atoms with E-state index in [1.54, 1.807) is 9.58 Å². The van der Waals surface area contributed by atoms with E-state index in [0.29, 0.717) is 19.0 Å². The van der Waals surface area contributed by atoms with Crippen LogP contribution in [-0.4, -0.2) is 45.3 Å². The van der Waals surface area contributed by atoms with E-state index in [9.17, 15) is 18.0 Å². The average Bonchev–Trinajstić information content (AvgIpc) is 3.12. The highest BCUT2D eigenvalue weighted by molar-refractivity contribution is 5.94. The molecule has 0 N–H and O–H groups in total. The van der Waals surface area contributed by atoms with E-state index in [4.69, 9.17) is 0 Å². The Morgan fingerprint density at radius 1 is 1.23 bits per heavy atom. The minimum absolute atomic E-state index is 0.0357. The third-order valence-electron chi connectivity index (χ3n) is 4.66. The van der Waals surface area contributed by atoms with Crippen molar-refractivity contribution in [3.63, 3.8) is 0 Å². The lowest BCUT2D eigenvalue weighted by Gasteiger charge is -2.17. The van der Waals surface area contributed by atoms with Crippen molar-refractivity contribution < 1.29 is 22.7 Å². The lowest BCUT2D eigenvalue weighted by Crippen LogP contribution is -2.29. The van der Waals surface area contributed by atoms with Gasteiger partial charge in [0.2, 0.25) is 0 Å². The molecule has 2 aromatic rings. The van der Waals surface area contributed by atoms with Crippen molar-refractivity contribution in [3.05, 3.63) is 41.7 Å². The van der Waals surface area contributed by atoms with Gasteiger partial charge < -0.3 is 9.64 Å². The van der Waals surface area contributed by atoms with Gasteiger partial charge in [0.25, 0.3) is 5.91 Å². The molecule has 0 spiro atoms. The van der Waals surface area contributed by atoms with Gasteiger partial charge in [0, 0.05) is 30.8 Å². The lowest BCUT2D eigenvalue weighted by molar-refractivity contribution is -0.274. The number of halogens is 3. The normalized spacial score (nSPS) is 20.4. The highest BCUT2D eigenvalue weighted by atomic mass is 19.4. The molecule has 9 heteroatoms. The summed E-state index contributed by atoms with van der Waals surface area (Å²) in [5, 5.41) is 8.35. The number of benzene rings is 1. The molecule has 1 unspecified atom stereocenters. The van der Waals surface area contributed by atoms with Gasteiger partial charge in [-0.25, -0.2) is 4.68 Å². The lowest BCUT2D eigenvalue weighted by atomic mass is 10.2. The fourth-order valence-electron chi connectivity index (χ4n) is 3.19. The van der Waals surface area contributed by atoms with Crippen molar-refractivity contribution >= 4 is 5.91 Å². The zero-order valence-corrected chi connectivity index (χ0v) is 13.8. The maximum Gasteiger partial charge on any atom is 0.573 e. The summed E-state index contributed by atoms with van der Waals surface area (Å²) in [6.45, 7) is 0.975. The van der Waals surface area contributed by atoms with Crippen LogP contribution in [0, 0.1) is 0 Å². The molecule has 1 saturated heterocycles. The average molecular weight is 366 g/mol. The van der Waals surface area contributed by atoms with Crippen LogP contribution in [0.2, 0.25) is 0 Å². The number of alkyl halides is 3. The Kier molecular flexibility index (Phi) is 4.08. The van der Waals surface area contributed by atoms with Gasteiger partial charge in [0.15, 0.2) is 0 Å². The van der Waals surface area contributed by atoms with E-state index in [0.717, 1.165) is 31.0 Å². The molecule has 6 nitrogen and oxygen atoms in total. The Balaban J connectivity index is 1.43. The van der Waals surface area contributed by atoms with Crippen LogP contribution in [0.5, 0.6) is 5.75 Å². The number of hydrogen-bond acceptors (Lipinski definition) is 4. The molecule has 0 bridgehead atoms. The van der Waals surface area contributed by atoms with E-state index >= 15 is 0 Å². The Morgan fingerprint density at radius 3 is 2.77 bits per heavy atom. The van der Waals surface area contributed by atoms with Crippen LogP contribution < -0.4 is 4.74 Å². The van der Waals surface area contributed by atoms with Gasteiger partial charge in [-0.15, -0.1) is 18.3 Å². The van der Waals surface area contributed by atoms with Crippen molar-refractivity contribution in [1.82, 2.24) is 19.9 Å². The molecule has 1 saturated carbocycles. The van der Waals surface area contributed by atoms with Crippen LogP contribution in [0.3, 0.4) is 0 Å². The van der Waals surface area contributed by atoms with Gasteiger partial charge in [0.05, 0.1) is 11.7 Å². The van der Waals surface area contributed by atoms with Crippen LogP contribution in [0.15, 0.2) is 30.5 Å². The number of ether oxygens (including phenoxy) is 1. The van der Waals surface area contributed by atoms with Crippen molar-refractivity contribution in [3.8, 4) is 5.75 Å². The molecule has 4 rings (SSSR count). The second-order valence-electron chi connectivity index (χ2n) is 6.67. The van der Waals surface area contributed by atoms with Gasteiger partial charge in [-0.05, 0) is 37.5 Å². The molecule has 1 aliphatic carbocycles. The fraction of sp³-hybridized carbons (Fsp3) is 0.471. The Labute approximate surface area is 147 Å². The molecule has 0 radical (unpaired) electrons. The number of carbonyl (C=O) groups excluding carboxylic acids is 1. The van der Waals surface area contributed by atoms with Crippen LogP contribution in [0.25, 0.3) is 0 Å². The summed E-state index contributed by atoms with van der Waals surface area (Å²) in [6.07, 6.45) is 0.174. The number of nitrogens with zero attached hydrogens (tertiary/aromatic N) is 4. The number of rotatable bonds is 4. The summed E-state index contributed by atoms with van der Waals surface area (Å²) in [5.41, 5.74) is 1.16. The van der Waals surface area contributed by atoms with E-state index in [-0.39, 0.29) is 17.5 Å². The van der Waals surface area contributed by atoms with Crippen LogP contribution in [-0.2, 0) is 0 Å². The summed E-state index contributed by atoms with van der Waals surface area (Å²) in [5.74, 6) is -0.202. The predicted molar refractivity (Wildman–Crippen MR) is 84.7 cm³/mol. The van der Waals surface area contributed by atoms with E-state index in [1.807, 2.05) is 6.20 Å². The number of amides is 1. The molecular formula is C17H17F3N4O2. The van der Waals surface area contributed by atoms with Gasteiger partial charge in [-0.1, -0.05) is 11.3 Å². The quantitative estimate of drug-likeness (QED) is 0.834. The molecule has 1 aliphatic heterocycles. The Hall–Kier alpha value is -2.58. The maximum absolute atomic E-state index is 12.6. The van der Waals surface area contributed by atoms with E-state index < -0.39 is 12.1 Å². The number of likely N-dealkylation sites (tertiary alicyclic amines) is 1. The molecule has 2 heterocycles. The molecule has 2 aliphatic rings. The molecule has 138 valence electrons. The zero-order valence-electron chi connectivity index (χ0n) is 13.8. The third kappa shape index (κ3) is 3.66. The van der Waals surface area contributed by atoms with E-state index in [1.165, 1.54) is 18.2 Å². The fourth-order valence-corrected chi connectivity index (χ4v) is 3.19. The highest BCUT2D eigenvalue weighted by Gasteiger charge is 2.33. The first-order valence-electron chi connectivity index (χ1n) is 8.46. The van der Waals surface area contributed by atoms with Gasteiger partial charge in [-0.2, -0.15) is 0 Å². The Morgan fingerprint density at radius 2 is 2.04 bits per heavy atom. The maximum atomic E-state index is 12.6. The molecule has 1 aromatic heterocycles. The molecule has 26 heavy (non-hydrogen) atoms. The van der Waals surface area contributed by atoms with Crippen molar-refractivity contribution in [2.45, 2.75) is 37.6 Å². The highest BCUT2D eigenvalue weighted by Crippen LogP contribution is 2.39. The minimum atomic E-state index is -4.78. The molecule has 1 atom stereocenters. The molecule has 1 aromatic carbocycles. The standard InChI is InChI=1S/C17H17F3N4O2/c18-17(19,20)26-14-3-1-2-12(8-14)16(25)23-7-6-13(9-23)24-10-15(21-22-24)11-4-5-11/h1-3,8,10-11,13H,4-7,9H2. The Bertz CT molecular complexity index is 816. The molecule has 1 amide bonds. The van der Waals surface area contributed by atoms with Crippen LogP contribution >= 0.6 is 0 Å². The smallest absolute Gasteiger partial charge is 0.406 e. The summed E-state index contributed by atoms with van der Waals surface area (Å²) in [7, 11) is 0. The van der Waals surface area contributed by atoms with Crippen molar-refractivity contribution in [1.29, 1.82) is 0 Å². The van der Waals surface area contributed by atoms with Gasteiger partial charge >= 0.3 is 6.36 Å². The predicted octanol–water partition coefficient (Wildman–Crippen LogP) is 3.14. The molecule has 2 fully saturated rings. The number of carbonyl (C=O) groups is 1. The zero-order chi connectivity index (χ0) is 18.3. The van der Waals surface area contributed by atoms with Crippen LogP contribution in [0.1, 0.15) is 47.3 Å². The molecular weight excluding hydrogens is 349 g/mol. The second-order valence-corrected chi connectivity index (χ2v) is 6.67. The van der Waals surface area contributed by atoms with E-state index in [2.05, 4.69) is 15.0 Å². The summed E-state index contributed by atoms with van der Waals surface area (Å²) >= 11 is 0. The summed E-state index contributed by atoms with van der Waals surface area (Å²) in [6, 6.07) is 5.18. The third-order valence-corrected chi connectivity index (χ3v) is 4.66. The summed E-state index contributed by atoms with van der Waals surface area (Å²) < 4.78 is 42.7. The largest absolute Gasteiger partial charge is 0.573 e. The van der Waals surface area contributed by atoms with Crippen molar-refractivity contribution in [2.75, 3.05) is 13.1 Å². The monoisotopic (exact) mass is 366 g/mol. The van der Waals surface area contributed by atoms with Crippen molar-refractivity contribution in [2.24, 2.45) is 0 Å². The topological polar surface area (TPSA) is 60.2 Å². The first-order valence-corrected chi connectivity index (χ1v) is 8.46. The van der Waals surface area contributed by atoms with Gasteiger partial charge in [0.1, 0.15) is 5.75 Å². The SMILES string of the molecule is O=C(c1cccc(OC(F)(F)F)c1)N1CCC(n2cc(C3CC3)nn2)C1. The second kappa shape index (κ2) is 6.30. The number of hydrogen-bond donors (Lipinski definition) is 0. The number of aromatic nitrogens is 3. The summed E-state index contributed by atoms with van der Waals surface area (Å²) in [4.78, 5) is 14.2. The van der Waals surface area contributed by atoms with Crippen LogP contribution in [0.4, 0.5) is 13.2 Å². The minimum Gasteiger partial charge on any atom is -0.406 e. The first kappa shape index (κ1) is 16.9. The van der Waals surface area contributed by atoms with Gasteiger partial charge in [-0.3, -0.25) is 4.79 Å². The first-order chi connectivity index (χ1) is 12.4.